The minimum absolute atomic E-state index is 0.105. The van der Waals surface area contributed by atoms with Gasteiger partial charge in [-0.05, 0) is 45.6 Å². The van der Waals surface area contributed by atoms with E-state index in [1.807, 2.05) is 28.9 Å². The number of nitriles is 1. The maximum absolute atomic E-state index is 9.18. The lowest BCUT2D eigenvalue weighted by Gasteiger charge is -2.18. The summed E-state index contributed by atoms with van der Waals surface area (Å²) >= 11 is 3.56. The Morgan fingerprint density at radius 1 is 1.17 bits per heavy atom. The summed E-state index contributed by atoms with van der Waals surface area (Å²) in [5.41, 5.74) is 2.28. The first kappa shape index (κ1) is 16.5. The maximum Gasteiger partial charge on any atom is 0.145 e. The van der Waals surface area contributed by atoms with Crippen LogP contribution in [0, 0.1) is 16.7 Å². The third-order valence-electron chi connectivity index (χ3n) is 3.44. The molecule has 0 bridgehead atoms. The van der Waals surface area contributed by atoms with Crippen LogP contribution in [0.15, 0.2) is 40.9 Å². The van der Waals surface area contributed by atoms with E-state index in [4.69, 9.17) is 4.74 Å². The summed E-state index contributed by atoms with van der Waals surface area (Å²) in [5, 5.41) is 17.7. The summed E-state index contributed by atoms with van der Waals surface area (Å²) in [6.07, 6.45) is 0. The summed E-state index contributed by atoms with van der Waals surface area (Å²) in [6, 6.07) is 13.1. The van der Waals surface area contributed by atoms with E-state index in [1.54, 1.807) is 12.1 Å². The van der Waals surface area contributed by atoms with Crippen LogP contribution in [0.4, 0.5) is 0 Å². The van der Waals surface area contributed by atoms with Gasteiger partial charge in [0.05, 0.1) is 15.6 Å². The first-order valence-corrected chi connectivity index (χ1v) is 8.37. The molecule has 5 nitrogen and oxygen atoms in total. The van der Waals surface area contributed by atoms with Gasteiger partial charge in [-0.2, -0.15) is 5.26 Å². The molecule has 0 aliphatic rings. The molecule has 0 fully saturated rings. The van der Waals surface area contributed by atoms with Crippen molar-refractivity contribution in [2.24, 2.45) is 5.41 Å². The molecule has 1 aromatic heterocycles. The number of rotatable bonds is 3. The highest BCUT2D eigenvalue weighted by Gasteiger charge is 2.18. The Morgan fingerprint density at radius 3 is 2.62 bits per heavy atom. The molecule has 0 amide bonds. The van der Waals surface area contributed by atoms with Crippen LogP contribution in [0.1, 0.15) is 26.3 Å². The van der Waals surface area contributed by atoms with Gasteiger partial charge in [0.15, 0.2) is 0 Å². The van der Waals surface area contributed by atoms with E-state index < -0.39 is 0 Å². The highest BCUT2D eigenvalue weighted by Crippen LogP contribution is 2.36. The second-order valence-electron chi connectivity index (χ2n) is 6.76. The number of hydrogen-bond acceptors (Lipinski definition) is 4. The van der Waals surface area contributed by atoms with Gasteiger partial charge in [0.25, 0.3) is 0 Å². The molecule has 0 N–H and O–H groups in total. The van der Waals surface area contributed by atoms with Crippen LogP contribution in [0.5, 0.6) is 11.5 Å². The minimum Gasteiger partial charge on any atom is -0.455 e. The average Bonchev–Trinajstić information content (AvgIpc) is 2.92. The van der Waals surface area contributed by atoms with Crippen molar-refractivity contribution in [1.82, 2.24) is 15.0 Å². The van der Waals surface area contributed by atoms with Crippen molar-refractivity contribution in [3.63, 3.8) is 0 Å². The van der Waals surface area contributed by atoms with E-state index in [0.29, 0.717) is 17.1 Å². The molecule has 3 rings (SSSR count). The minimum atomic E-state index is 0.105. The fourth-order valence-corrected chi connectivity index (χ4v) is 2.89. The first-order valence-electron chi connectivity index (χ1n) is 7.58. The molecular weight excluding hydrogens is 368 g/mol. The largest absolute Gasteiger partial charge is 0.455 e. The van der Waals surface area contributed by atoms with E-state index in [2.05, 4.69) is 53.1 Å². The van der Waals surface area contributed by atoms with Gasteiger partial charge in [0.2, 0.25) is 0 Å². The van der Waals surface area contributed by atoms with Crippen molar-refractivity contribution in [1.29, 1.82) is 5.26 Å². The van der Waals surface area contributed by atoms with Gasteiger partial charge in [-0.1, -0.05) is 38.1 Å². The SMILES string of the molecule is CC(C)(C)Cn1nnc2c(Br)c(Oc3ccccc3C#N)ccc21. The monoisotopic (exact) mass is 384 g/mol. The van der Waals surface area contributed by atoms with Crippen LogP contribution in [0.3, 0.4) is 0 Å². The number of ether oxygens (including phenoxy) is 1. The van der Waals surface area contributed by atoms with E-state index in [0.717, 1.165) is 22.1 Å². The molecular formula is C18H17BrN4O. The van der Waals surface area contributed by atoms with Crippen LogP contribution >= 0.6 is 15.9 Å². The topological polar surface area (TPSA) is 63.7 Å². The summed E-state index contributed by atoms with van der Waals surface area (Å²) in [7, 11) is 0. The van der Waals surface area contributed by atoms with Crippen LogP contribution in [0.2, 0.25) is 0 Å². The standard InChI is InChI=1S/C18H17BrN4O/c1-18(2,3)11-23-13-8-9-15(16(19)17(13)21-22-23)24-14-7-5-4-6-12(14)10-20/h4-9H,11H2,1-3H3. The molecule has 0 radical (unpaired) electrons. The second-order valence-corrected chi connectivity index (χ2v) is 7.56. The Hall–Kier alpha value is -2.39. The molecule has 0 spiro atoms. The molecule has 0 unspecified atom stereocenters. The van der Waals surface area contributed by atoms with Gasteiger partial charge in [-0.3, -0.25) is 0 Å². The zero-order valence-electron chi connectivity index (χ0n) is 13.7. The number of halogens is 1. The molecule has 0 saturated heterocycles. The summed E-state index contributed by atoms with van der Waals surface area (Å²) in [4.78, 5) is 0. The highest BCUT2D eigenvalue weighted by atomic mass is 79.9. The lowest BCUT2D eigenvalue weighted by molar-refractivity contribution is 0.327. The molecule has 122 valence electrons. The van der Waals surface area contributed by atoms with E-state index in [1.165, 1.54) is 0 Å². The molecule has 3 aromatic rings. The van der Waals surface area contributed by atoms with Crippen molar-refractivity contribution >= 4 is 27.0 Å². The third-order valence-corrected chi connectivity index (χ3v) is 4.21. The van der Waals surface area contributed by atoms with Crippen molar-refractivity contribution in [2.45, 2.75) is 27.3 Å². The lowest BCUT2D eigenvalue weighted by atomic mass is 9.97. The normalized spacial score (nSPS) is 11.5. The van der Waals surface area contributed by atoms with Crippen molar-refractivity contribution in [3.05, 3.63) is 46.4 Å². The van der Waals surface area contributed by atoms with E-state index in [9.17, 15) is 5.26 Å². The van der Waals surface area contributed by atoms with Crippen LogP contribution in [-0.4, -0.2) is 15.0 Å². The van der Waals surface area contributed by atoms with Crippen LogP contribution in [-0.2, 0) is 6.54 Å². The third kappa shape index (κ3) is 3.26. The maximum atomic E-state index is 9.18. The van der Waals surface area contributed by atoms with Gasteiger partial charge < -0.3 is 4.74 Å². The Balaban J connectivity index is 2.00. The first-order chi connectivity index (χ1) is 11.4. The van der Waals surface area contributed by atoms with Crippen molar-refractivity contribution in [2.75, 3.05) is 0 Å². The number of benzene rings is 2. The molecule has 6 heteroatoms. The van der Waals surface area contributed by atoms with Crippen molar-refractivity contribution in [3.8, 4) is 17.6 Å². The van der Waals surface area contributed by atoms with Crippen LogP contribution < -0.4 is 4.74 Å². The van der Waals surface area contributed by atoms with Gasteiger partial charge in [-0.15, -0.1) is 5.10 Å². The lowest BCUT2D eigenvalue weighted by Crippen LogP contribution is -2.16. The summed E-state index contributed by atoms with van der Waals surface area (Å²) in [6.45, 7) is 7.25. The Bertz CT molecular complexity index is 934. The predicted octanol–water partition coefficient (Wildman–Crippen LogP) is 4.90. The number of aromatic nitrogens is 3. The second kappa shape index (κ2) is 6.25. The van der Waals surface area contributed by atoms with E-state index in [-0.39, 0.29) is 5.41 Å². The summed E-state index contributed by atoms with van der Waals surface area (Å²) < 4.78 is 8.53. The van der Waals surface area contributed by atoms with Gasteiger partial charge in [0.1, 0.15) is 23.1 Å². The number of para-hydroxylation sites is 1. The molecule has 0 aliphatic carbocycles. The molecule has 24 heavy (non-hydrogen) atoms. The van der Waals surface area contributed by atoms with E-state index >= 15 is 0 Å². The zero-order chi connectivity index (χ0) is 17.3. The van der Waals surface area contributed by atoms with Gasteiger partial charge in [-0.25, -0.2) is 4.68 Å². The molecule has 0 atom stereocenters. The smallest absolute Gasteiger partial charge is 0.145 e. The zero-order valence-corrected chi connectivity index (χ0v) is 15.3. The van der Waals surface area contributed by atoms with Gasteiger partial charge in [0, 0.05) is 6.54 Å². The fraction of sp³-hybridized carbons (Fsp3) is 0.278. The fourth-order valence-electron chi connectivity index (χ4n) is 2.40. The molecule has 2 aromatic carbocycles. The quantitative estimate of drug-likeness (QED) is 0.643. The van der Waals surface area contributed by atoms with Crippen molar-refractivity contribution < 1.29 is 4.74 Å². The molecule has 0 saturated carbocycles. The number of fused-ring (bicyclic) bond motifs is 1. The van der Waals surface area contributed by atoms with Gasteiger partial charge >= 0.3 is 0 Å². The molecule has 0 aliphatic heterocycles. The highest BCUT2D eigenvalue weighted by molar-refractivity contribution is 9.10. The number of nitrogens with zero attached hydrogens (tertiary/aromatic N) is 4. The number of hydrogen-bond donors (Lipinski definition) is 0. The Kier molecular flexibility index (Phi) is 4.29. The Morgan fingerprint density at radius 2 is 1.92 bits per heavy atom. The summed E-state index contributed by atoms with van der Waals surface area (Å²) in [5.74, 6) is 1.12. The van der Waals surface area contributed by atoms with Crippen LogP contribution in [0.25, 0.3) is 11.0 Å². The Labute approximate surface area is 149 Å². The molecule has 1 heterocycles. The predicted molar refractivity (Wildman–Crippen MR) is 95.9 cm³/mol. The average molecular weight is 385 g/mol.